The number of benzene rings is 1. The van der Waals surface area contributed by atoms with Crippen molar-refractivity contribution >= 4 is 17.3 Å². The number of nitro groups is 1. The van der Waals surface area contributed by atoms with E-state index in [0.29, 0.717) is 6.07 Å². The molecular formula is C8H3ClF5NO3. The fourth-order valence-electron chi connectivity index (χ4n) is 1.08. The number of hydrogen-bond donors (Lipinski definition) is 0. The zero-order valence-electron chi connectivity index (χ0n) is 8.17. The molecule has 1 rings (SSSR count). The van der Waals surface area contributed by atoms with Crippen molar-refractivity contribution in [3.63, 3.8) is 0 Å². The lowest BCUT2D eigenvalue weighted by Crippen LogP contribution is -2.10. The molecule has 0 aliphatic rings. The second kappa shape index (κ2) is 4.92. The van der Waals surface area contributed by atoms with E-state index >= 15 is 0 Å². The maximum atomic E-state index is 12.5. The van der Waals surface area contributed by atoms with E-state index in [0.717, 1.165) is 0 Å². The molecule has 0 bridgehead atoms. The van der Waals surface area contributed by atoms with Gasteiger partial charge in [0.25, 0.3) is 5.69 Å². The van der Waals surface area contributed by atoms with Crippen LogP contribution in [-0.2, 0) is 6.18 Å². The van der Waals surface area contributed by atoms with Crippen molar-refractivity contribution in [1.29, 1.82) is 0 Å². The number of rotatable bonds is 3. The molecule has 0 unspecified atom stereocenters. The summed E-state index contributed by atoms with van der Waals surface area (Å²) in [5, 5.41) is 9.22. The highest BCUT2D eigenvalue weighted by molar-refractivity contribution is 6.33. The van der Waals surface area contributed by atoms with Gasteiger partial charge in [-0.2, -0.15) is 22.0 Å². The quantitative estimate of drug-likeness (QED) is 0.482. The summed E-state index contributed by atoms with van der Waals surface area (Å²) >= 11 is 5.21. The maximum Gasteiger partial charge on any atom is 0.418 e. The molecule has 1 aromatic carbocycles. The molecular weight excluding hydrogens is 289 g/mol. The SMILES string of the molecule is O=[N+]([O-])c1cc(OC(F)F)c(Cl)c(C(F)(F)F)c1. The van der Waals surface area contributed by atoms with Crippen LogP contribution in [0.25, 0.3) is 0 Å². The lowest BCUT2D eigenvalue weighted by atomic mass is 10.2. The fourth-order valence-corrected chi connectivity index (χ4v) is 1.34. The normalized spacial score (nSPS) is 11.7. The van der Waals surface area contributed by atoms with Gasteiger partial charge in [-0.15, -0.1) is 0 Å². The zero-order valence-corrected chi connectivity index (χ0v) is 8.93. The summed E-state index contributed by atoms with van der Waals surface area (Å²) in [5.41, 5.74) is -2.67. The van der Waals surface area contributed by atoms with Crippen LogP contribution >= 0.6 is 11.6 Å². The van der Waals surface area contributed by atoms with Gasteiger partial charge in [0, 0.05) is 6.07 Å². The summed E-state index contributed by atoms with van der Waals surface area (Å²) in [7, 11) is 0. The Hall–Kier alpha value is -1.64. The van der Waals surface area contributed by atoms with Crippen LogP contribution in [0.2, 0.25) is 5.02 Å². The monoisotopic (exact) mass is 291 g/mol. The van der Waals surface area contributed by atoms with Crippen molar-refractivity contribution in [1.82, 2.24) is 0 Å². The molecule has 0 aliphatic carbocycles. The minimum absolute atomic E-state index is 0.140. The van der Waals surface area contributed by atoms with Gasteiger partial charge in [0.1, 0.15) is 0 Å². The standard InChI is InChI=1S/C8H3ClF5NO3/c9-6-4(8(12,13)14)1-3(15(16)17)2-5(6)18-7(10)11/h1-2,7H. The molecule has 100 valence electrons. The highest BCUT2D eigenvalue weighted by Gasteiger charge is 2.37. The van der Waals surface area contributed by atoms with Crippen molar-refractivity contribution in [2.24, 2.45) is 0 Å². The molecule has 18 heavy (non-hydrogen) atoms. The summed E-state index contributed by atoms with van der Waals surface area (Å²) in [6.07, 6.45) is -5.02. The van der Waals surface area contributed by atoms with Crippen molar-refractivity contribution in [3.05, 3.63) is 32.8 Å². The largest absolute Gasteiger partial charge is 0.433 e. The predicted octanol–water partition coefficient (Wildman–Crippen LogP) is 3.87. The van der Waals surface area contributed by atoms with E-state index in [4.69, 9.17) is 11.6 Å². The summed E-state index contributed by atoms with van der Waals surface area (Å²) in [6.45, 7) is -3.45. The minimum Gasteiger partial charge on any atom is -0.433 e. The maximum absolute atomic E-state index is 12.5. The fraction of sp³-hybridized carbons (Fsp3) is 0.250. The molecule has 0 atom stereocenters. The van der Waals surface area contributed by atoms with Crippen LogP contribution < -0.4 is 4.74 Å². The molecule has 1 aromatic rings. The number of halogens is 6. The van der Waals surface area contributed by atoms with Crippen LogP contribution in [0.15, 0.2) is 12.1 Å². The Kier molecular flexibility index (Phi) is 3.95. The van der Waals surface area contributed by atoms with E-state index in [1.54, 1.807) is 0 Å². The van der Waals surface area contributed by atoms with Crippen molar-refractivity contribution < 1.29 is 31.6 Å². The molecule has 0 aliphatic heterocycles. The minimum atomic E-state index is -5.02. The van der Waals surface area contributed by atoms with Gasteiger partial charge in [-0.1, -0.05) is 11.6 Å². The second-order valence-corrected chi connectivity index (χ2v) is 3.32. The Balaban J connectivity index is 3.43. The highest BCUT2D eigenvalue weighted by Crippen LogP contribution is 2.42. The smallest absolute Gasteiger partial charge is 0.418 e. The van der Waals surface area contributed by atoms with E-state index in [1.807, 2.05) is 0 Å². The van der Waals surface area contributed by atoms with Gasteiger partial charge < -0.3 is 4.74 Å². The van der Waals surface area contributed by atoms with Crippen molar-refractivity contribution in [2.45, 2.75) is 12.8 Å². The third kappa shape index (κ3) is 3.19. The van der Waals surface area contributed by atoms with E-state index in [1.165, 1.54) is 0 Å². The molecule has 0 spiro atoms. The van der Waals surface area contributed by atoms with Crippen molar-refractivity contribution in [2.75, 3.05) is 0 Å². The zero-order chi connectivity index (χ0) is 14.1. The van der Waals surface area contributed by atoms with E-state index in [-0.39, 0.29) is 6.07 Å². The Morgan fingerprint density at radius 3 is 2.28 bits per heavy atom. The molecule has 0 N–H and O–H groups in total. The number of nitro benzene ring substituents is 1. The Bertz CT molecular complexity index is 477. The number of alkyl halides is 5. The lowest BCUT2D eigenvalue weighted by Gasteiger charge is -2.12. The van der Waals surface area contributed by atoms with Crippen LogP contribution in [0.3, 0.4) is 0 Å². The van der Waals surface area contributed by atoms with Gasteiger partial charge in [0.2, 0.25) is 0 Å². The highest BCUT2D eigenvalue weighted by atomic mass is 35.5. The molecule has 10 heteroatoms. The first kappa shape index (κ1) is 14.4. The number of nitrogens with zero attached hydrogens (tertiary/aromatic N) is 1. The van der Waals surface area contributed by atoms with Gasteiger partial charge in [-0.3, -0.25) is 10.1 Å². The summed E-state index contributed by atoms with van der Waals surface area (Å²) in [6, 6.07) is 0.532. The molecule has 0 aromatic heterocycles. The molecule has 0 radical (unpaired) electrons. The number of hydrogen-bond acceptors (Lipinski definition) is 3. The summed E-state index contributed by atoms with van der Waals surface area (Å²) < 4.78 is 64.9. The molecule has 0 heterocycles. The first-order chi connectivity index (χ1) is 8.12. The number of non-ortho nitro benzene ring substituents is 1. The van der Waals surface area contributed by atoms with Crippen LogP contribution in [0.5, 0.6) is 5.75 Å². The van der Waals surface area contributed by atoms with E-state index < -0.39 is 39.7 Å². The lowest BCUT2D eigenvalue weighted by molar-refractivity contribution is -0.385. The average Bonchev–Trinajstić information content (AvgIpc) is 2.18. The van der Waals surface area contributed by atoms with Gasteiger partial charge in [-0.25, -0.2) is 0 Å². The van der Waals surface area contributed by atoms with Gasteiger partial charge in [0.15, 0.2) is 5.75 Å². The third-order valence-corrected chi connectivity index (χ3v) is 2.15. The van der Waals surface area contributed by atoms with Gasteiger partial charge in [0.05, 0.1) is 21.6 Å². The van der Waals surface area contributed by atoms with Crippen molar-refractivity contribution in [3.8, 4) is 5.75 Å². The van der Waals surface area contributed by atoms with Gasteiger partial charge >= 0.3 is 12.8 Å². The molecule has 0 saturated heterocycles. The average molecular weight is 292 g/mol. The first-order valence-corrected chi connectivity index (χ1v) is 4.50. The Morgan fingerprint density at radius 2 is 1.89 bits per heavy atom. The van der Waals surface area contributed by atoms with Crippen LogP contribution in [-0.4, -0.2) is 11.5 Å². The summed E-state index contributed by atoms with van der Waals surface area (Å²) in [4.78, 5) is 9.20. The molecule has 4 nitrogen and oxygen atoms in total. The van der Waals surface area contributed by atoms with Crippen LogP contribution in [0, 0.1) is 10.1 Å². The van der Waals surface area contributed by atoms with E-state index in [9.17, 15) is 32.1 Å². The van der Waals surface area contributed by atoms with Crippen LogP contribution in [0.4, 0.5) is 27.6 Å². The second-order valence-electron chi connectivity index (χ2n) is 2.94. The first-order valence-electron chi connectivity index (χ1n) is 4.13. The summed E-state index contributed by atoms with van der Waals surface area (Å²) in [5.74, 6) is -1.10. The molecule has 0 saturated carbocycles. The Morgan fingerprint density at radius 1 is 1.33 bits per heavy atom. The topological polar surface area (TPSA) is 52.4 Å². The third-order valence-electron chi connectivity index (χ3n) is 1.76. The molecule has 0 amide bonds. The predicted molar refractivity (Wildman–Crippen MR) is 49.7 cm³/mol. The van der Waals surface area contributed by atoms with E-state index in [2.05, 4.69) is 4.74 Å². The number of ether oxygens (including phenoxy) is 1. The van der Waals surface area contributed by atoms with Gasteiger partial charge in [-0.05, 0) is 0 Å². The molecule has 0 fully saturated rings. The van der Waals surface area contributed by atoms with Crippen LogP contribution in [0.1, 0.15) is 5.56 Å². The Labute approximate surface area is 101 Å².